The number of benzene rings is 2. The lowest BCUT2D eigenvalue weighted by Crippen LogP contribution is -2.28. The monoisotopic (exact) mass is 417 g/mol. The molecule has 3 amide bonds. The lowest BCUT2D eigenvalue weighted by Gasteiger charge is -2.20. The maximum Gasteiger partial charge on any atom is 0.412 e. The standard InChI is InChI=1S/C21H24FN3O5/c1-21(2,3)30-20(28)25-16-9-6-14(22)11-17(16)24-19(27)12-29-15-7-4-13(5-8-15)10-18(23)26/h4-9,11H,10,12H2,1-3H3,(H2,23,26)(H,24,27)(H,25,28). The smallest absolute Gasteiger partial charge is 0.412 e. The Morgan fingerprint density at radius 2 is 1.67 bits per heavy atom. The van der Waals surface area contributed by atoms with Crippen LogP contribution in [0.3, 0.4) is 0 Å². The van der Waals surface area contributed by atoms with E-state index in [1.54, 1.807) is 45.0 Å². The van der Waals surface area contributed by atoms with E-state index < -0.39 is 29.3 Å². The number of halogens is 1. The minimum Gasteiger partial charge on any atom is -0.484 e. The summed E-state index contributed by atoms with van der Waals surface area (Å²) in [6, 6.07) is 10.1. The minimum absolute atomic E-state index is 0.0614. The fourth-order valence-corrected chi connectivity index (χ4v) is 2.38. The molecule has 9 heteroatoms. The van der Waals surface area contributed by atoms with Gasteiger partial charge in [-0.1, -0.05) is 12.1 Å². The third-order valence-corrected chi connectivity index (χ3v) is 3.56. The van der Waals surface area contributed by atoms with Crippen LogP contribution in [0.15, 0.2) is 42.5 Å². The maximum absolute atomic E-state index is 13.6. The Balaban J connectivity index is 1.98. The van der Waals surface area contributed by atoms with E-state index in [0.717, 1.165) is 17.7 Å². The molecule has 0 saturated carbocycles. The zero-order valence-electron chi connectivity index (χ0n) is 17.0. The summed E-state index contributed by atoms with van der Waals surface area (Å²) in [5, 5.41) is 4.97. The molecule has 0 atom stereocenters. The highest BCUT2D eigenvalue weighted by Gasteiger charge is 2.18. The molecule has 2 aromatic rings. The zero-order chi connectivity index (χ0) is 22.3. The summed E-state index contributed by atoms with van der Waals surface area (Å²) in [5.41, 5.74) is 5.38. The Labute approximate surface area is 173 Å². The highest BCUT2D eigenvalue weighted by molar-refractivity contribution is 5.98. The molecule has 0 saturated heterocycles. The number of primary amides is 1. The molecule has 0 aliphatic heterocycles. The highest BCUT2D eigenvalue weighted by Crippen LogP contribution is 2.24. The molecular weight excluding hydrogens is 393 g/mol. The quantitative estimate of drug-likeness (QED) is 0.639. The van der Waals surface area contributed by atoms with Gasteiger partial charge in [-0.15, -0.1) is 0 Å². The third-order valence-electron chi connectivity index (χ3n) is 3.56. The molecule has 0 aromatic heterocycles. The van der Waals surface area contributed by atoms with E-state index in [0.29, 0.717) is 5.75 Å². The van der Waals surface area contributed by atoms with E-state index in [9.17, 15) is 18.8 Å². The Bertz CT molecular complexity index is 923. The van der Waals surface area contributed by atoms with Crippen molar-refractivity contribution in [2.24, 2.45) is 5.73 Å². The SMILES string of the molecule is CC(C)(C)OC(=O)Nc1ccc(F)cc1NC(=O)COc1ccc(CC(N)=O)cc1. The van der Waals surface area contributed by atoms with Crippen molar-refractivity contribution in [3.63, 3.8) is 0 Å². The van der Waals surface area contributed by atoms with Gasteiger partial charge in [0.15, 0.2) is 6.61 Å². The molecule has 0 aliphatic rings. The first-order valence-corrected chi connectivity index (χ1v) is 9.11. The van der Waals surface area contributed by atoms with Gasteiger partial charge in [-0.25, -0.2) is 9.18 Å². The van der Waals surface area contributed by atoms with Crippen molar-refractivity contribution in [3.8, 4) is 5.75 Å². The van der Waals surface area contributed by atoms with Crippen molar-refractivity contribution in [1.29, 1.82) is 0 Å². The van der Waals surface area contributed by atoms with Gasteiger partial charge in [-0.05, 0) is 56.7 Å². The zero-order valence-corrected chi connectivity index (χ0v) is 17.0. The fourth-order valence-electron chi connectivity index (χ4n) is 2.38. The largest absolute Gasteiger partial charge is 0.484 e. The first-order chi connectivity index (χ1) is 14.0. The number of anilines is 2. The summed E-state index contributed by atoms with van der Waals surface area (Å²) in [7, 11) is 0. The molecule has 2 aromatic carbocycles. The molecule has 30 heavy (non-hydrogen) atoms. The van der Waals surface area contributed by atoms with Crippen molar-refractivity contribution in [1.82, 2.24) is 0 Å². The lowest BCUT2D eigenvalue weighted by atomic mass is 10.1. The predicted octanol–water partition coefficient (Wildman–Crippen LogP) is 3.22. The molecule has 4 N–H and O–H groups in total. The molecule has 0 aliphatic carbocycles. The fraction of sp³-hybridized carbons (Fsp3) is 0.286. The number of ether oxygens (including phenoxy) is 2. The highest BCUT2D eigenvalue weighted by atomic mass is 19.1. The number of nitrogens with two attached hydrogens (primary N) is 1. The maximum atomic E-state index is 13.6. The number of rotatable bonds is 7. The van der Waals surface area contributed by atoms with Crippen molar-refractivity contribution in [2.45, 2.75) is 32.8 Å². The summed E-state index contributed by atoms with van der Waals surface area (Å²) in [6.07, 6.45) is -0.634. The number of hydrogen-bond acceptors (Lipinski definition) is 5. The Morgan fingerprint density at radius 1 is 1.00 bits per heavy atom. The number of hydrogen-bond donors (Lipinski definition) is 3. The van der Waals surface area contributed by atoms with Gasteiger partial charge in [0.1, 0.15) is 17.2 Å². The number of amides is 3. The molecular formula is C21H24FN3O5. The average molecular weight is 417 g/mol. The molecule has 0 spiro atoms. The predicted molar refractivity (Wildman–Crippen MR) is 110 cm³/mol. The van der Waals surface area contributed by atoms with E-state index in [4.69, 9.17) is 15.2 Å². The molecule has 2 rings (SSSR count). The van der Waals surface area contributed by atoms with Crippen LogP contribution in [0, 0.1) is 5.82 Å². The second-order valence-electron chi connectivity index (χ2n) is 7.44. The van der Waals surface area contributed by atoms with Gasteiger partial charge in [0, 0.05) is 0 Å². The third kappa shape index (κ3) is 7.78. The molecule has 0 fully saturated rings. The second-order valence-corrected chi connectivity index (χ2v) is 7.44. The van der Waals surface area contributed by atoms with Crippen molar-refractivity contribution < 1.29 is 28.2 Å². The number of carbonyl (C=O) groups excluding carboxylic acids is 3. The van der Waals surface area contributed by atoms with Crippen LogP contribution < -0.4 is 21.1 Å². The van der Waals surface area contributed by atoms with Gasteiger partial charge in [0.05, 0.1) is 17.8 Å². The second kappa shape index (κ2) is 9.73. The minimum atomic E-state index is -0.739. The first-order valence-electron chi connectivity index (χ1n) is 9.11. The Kier molecular flexibility index (Phi) is 7.35. The van der Waals surface area contributed by atoms with Crippen LogP contribution in [0.25, 0.3) is 0 Å². The van der Waals surface area contributed by atoms with E-state index >= 15 is 0 Å². The van der Waals surface area contributed by atoms with Crippen LogP contribution in [-0.4, -0.2) is 30.1 Å². The normalized spacial score (nSPS) is 10.8. The van der Waals surface area contributed by atoms with Gasteiger partial charge < -0.3 is 20.5 Å². The van der Waals surface area contributed by atoms with Crippen LogP contribution in [0.2, 0.25) is 0 Å². The van der Waals surface area contributed by atoms with Crippen molar-refractivity contribution in [3.05, 3.63) is 53.8 Å². The van der Waals surface area contributed by atoms with Crippen molar-refractivity contribution >= 4 is 29.3 Å². The van der Waals surface area contributed by atoms with Crippen LogP contribution in [0.1, 0.15) is 26.3 Å². The van der Waals surface area contributed by atoms with Crippen LogP contribution in [-0.2, 0) is 20.7 Å². The lowest BCUT2D eigenvalue weighted by molar-refractivity contribution is -0.118. The molecule has 0 unspecified atom stereocenters. The van der Waals surface area contributed by atoms with E-state index in [-0.39, 0.29) is 24.4 Å². The van der Waals surface area contributed by atoms with Crippen LogP contribution in [0.4, 0.5) is 20.6 Å². The molecule has 0 radical (unpaired) electrons. The Hall–Kier alpha value is -3.62. The number of nitrogens with one attached hydrogen (secondary N) is 2. The van der Waals surface area contributed by atoms with Crippen LogP contribution >= 0.6 is 0 Å². The summed E-state index contributed by atoms with van der Waals surface area (Å²) < 4.78 is 24.2. The molecule has 0 bridgehead atoms. The van der Waals surface area contributed by atoms with E-state index in [1.165, 1.54) is 6.07 Å². The van der Waals surface area contributed by atoms with Crippen LogP contribution in [0.5, 0.6) is 5.75 Å². The molecule has 160 valence electrons. The van der Waals surface area contributed by atoms with Crippen molar-refractivity contribution in [2.75, 3.05) is 17.2 Å². The van der Waals surface area contributed by atoms with E-state index in [2.05, 4.69) is 10.6 Å². The summed E-state index contributed by atoms with van der Waals surface area (Å²) in [4.78, 5) is 35.1. The topological polar surface area (TPSA) is 120 Å². The van der Waals surface area contributed by atoms with Gasteiger partial charge in [-0.2, -0.15) is 0 Å². The summed E-state index contributed by atoms with van der Waals surface area (Å²) >= 11 is 0. The van der Waals surface area contributed by atoms with E-state index in [1.807, 2.05) is 0 Å². The molecule has 8 nitrogen and oxygen atoms in total. The first kappa shape index (κ1) is 22.7. The van der Waals surface area contributed by atoms with Gasteiger partial charge >= 0.3 is 6.09 Å². The van der Waals surface area contributed by atoms with Gasteiger partial charge in [-0.3, -0.25) is 14.9 Å². The average Bonchev–Trinajstić information content (AvgIpc) is 2.61. The summed E-state index contributed by atoms with van der Waals surface area (Å²) in [5.74, 6) is -1.20. The summed E-state index contributed by atoms with van der Waals surface area (Å²) in [6.45, 7) is 4.77. The van der Waals surface area contributed by atoms with Gasteiger partial charge in [0.25, 0.3) is 5.91 Å². The van der Waals surface area contributed by atoms with Gasteiger partial charge in [0.2, 0.25) is 5.91 Å². The molecule has 0 heterocycles. The Morgan fingerprint density at radius 3 is 2.27 bits per heavy atom. The number of carbonyl (C=O) groups is 3.